The molecule has 1 N–H and O–H groups in total. The van der Waals surface area contributed by atoms with Crippen LogP contribution in [-0.2, 0) is 4.79 Å². The van der Waals surface area contributed by atoms with Crippen molar-refractivity contribution in [2.45, 2.75) is 25.7 Å². The Kier molecular flexibility index (Phi) is 4.02. The molecule has 0 unspecified atom stereocenters. The van der Waals surface area contributed by atoms with Gasteiger partial charge in [-0.2, -0.15) is 0 Å². The molecule has 3 heteroatoms. The van der Waals surface area contributed by atoms with Crippen molar-refractivity contribution < 1.29 is 9.90 Å². The summed E-state index contributed by atoms with van der Waals surface area (Å²) in [4.78, 5) is 12.9. The van der Waals surface area contributed by atoms with Crippen LogP contribution in [0.1, 0.15) is 25.7 Å². The minimum absolute atomic E-state index is 0.210. The molecule has 1 aromatic carbocycles. The molecule has 0 heterocycles. The predicted octanol–water partition coefficient (Wildman–Crippen LogP) is 2.77. The highest BCUT2D eigenvalue weighted by atomic mass is 16.4. The molecule has 1 aliphatic rings. The van der Waals surface area contributed by atoms with Crippen LogP contribution in [0.15, 0.2) is 30.3 Å². The Hall–Kier alpha value is -1.51. The Bertz CT molecular complexity index is 360. The van der Waals surface area contributed by atoms with Crippen LogP contribution in [0.3, 0.4) is 0 Å². The summed E-state index contributed by atoms with van der Waals surface area (Å²) >= 11 is 0. The van der Waals surface area contributed by atoms with Crippen LogP contribution >= 0.6 is 0 Å². The van der Waals surface area contributed by atoms with Crippen molar-refractivity contribution in [1.29, 1.82) is 0 Å². The lowest BCUT2D eigenvalue weighted by Gasteiger charge is -2.33. The third-order valence-corrected chi connectivity index (χ3v) is 3.42. The van der Waals surface area contributed by atoms with E-state index in [1.54, 1.807) is 0 Å². The second-order valence-electron chi connectivity index (χ2n) is 4.72. The number of aliphatic carboxylic acids is 1. The third kappa shape index (κ3) is 3.48. The number of nitrogens with zero attached hydrogens (tertiary/aromatic N) is 1. The van der Waals surface area contributed by atoms with Crippen LogP contribution in [-0.4, -0.2) is 24.2 Å². The van der Waals surface area contributed by atoms with E-state index >= 15 is 0 Å². The van der Waals surface area contributed by atoms with Crippen molar-refractivity contribution in [2.75, 3.05) is 18.0 Å². The van der Waals surface area contributed by atoms with Crippen molar-refractivity contribution in [3.05, 3.63) is 30.3 Å². The van der Waals surface area contributed by atoms with Crippen LogP contribution in [0.5, 0.6) is 0 Å². The smallest absolute Gasteiger partial charge is 0.305 e. The van der Waals surface area contributed by atoms with E-state index in [0.717, 1.165) is 18.2 Å². The van der Waals surface area contributed by atoms with E-state index in [4.69, 9.17) is 5.11 Å². The average Bonchev–Trinajstić information content (AvgIpc) is 2.27. The zero-order chi connectivity index (χ0) is 12.1. The molecule has 2 rings (SSSR count). The number of hydrogen-bond acceptors (Lipinski definition) is 2. The summed E-state index contributed by atoms with van der Waals surface area (Å²) in [5.74, 6) is 0.0311. The Morgan fingerprint density at radius 1 is 1.29 bits per heavy atom. The predicted molar refractivity (Wildman–Crippen MR) is 68.2 cm³/mol. The van der Waals surface area contributed by atoms with Crippen molar-refractivity contribution in [2.24, 2.45) is 5.92 Å². The summed E-state index contributed by atoms with van der Waals surface area (Å²) in [7, 11) is 0. The first-order chi connectivity index (χ1) is 8.25. The van der Waals surface area contributed by atoms with Crippen LogP contribution < -0.4 is 4.90 Å². The van der Waals surface area contributed by atoms with Crippen molar-refractivity contribution in [3.8, 4) is 0 Å². The van der Waals surface area contributed by atoms with Gasteiger partial charge in [-0.25, -0.2) is 0 Å². The summed E-state index contributed by atoms with van der Waals surface area (Å²) in [5, 5.41) is 8.79. The summed E-state index contributed by atoms with van der Waals surface area (Å²) in [6.45, 7) is 1.60. The third-order valence-electron chi connectivity index (χ3n) is 3.42. The van der Waals surface area contributed by atoms with Gasteiger partial charge in [0, 0.05) is 18.8 Å². The molecule has 0 atom stereocenters. The van der Waals surface area contributed by atoms with Crippen molar-refractivity contribution >= 4 is 11.7 Å². The molecule has 0 saturated heterocycles. The zero-order valence-electron chi connectivity index (χ0n) is 10.0. The molecule has 0 amide bonds. The van der Waals surface area contributed by atoms with Gasteiger partial charge in [-0.15, -0.1) is 0 Å². The molecular weight excluding hydrogens is 214 g/mol. The second kappa shape index (κ2) is 5.71. The fourth-order valence-corrected chi connectivity index (χ4v) is 2.18. The molecule has 0 aliphatic heterocycles. The van der Waals surface area contributed by atoms with Gasteiger partial charge >= 0.3 is 5.97 Å². The van der Waals surface area contributed by atoms with E-state index in [0.29, 0.717) is 6.54 Å². The fraction of sp³-hybridized carbons (Fsp3) is 0.500. The van der Waals surface area contributed by atoms with Gasteiger partial charge in [-0.05, 0) is 30.9 Å². The Morgan fingerprint density at radius 3 is 2.53 bits per heavy atom. The van der Waals surface area contributed by atoms with Gasteiger partial charge in [0.25, 0.3) is 0 Å². The Labute approximate surface area is 102 Å². The fourth-order valence-electron chi connectivity index (χ4n) is 2.18. The average molecular weight is 233 g/mol. The summed E-state index contributed by atoms with van der Waals surface area (Å²) in [6, 6.07) is 10.1. The van der Waals surface area contributed by atoms with Gasteiger partial charge in [-0.3, -0.25) is 4.79 Å². The number of rotatable bonds is 6. The summed E-state index contributed by atoms with van der Waals surface area (Å²) in [5.41, 5.74) is 1.14. The maximum absolute atomic E-state index is 10.7. The minimum Gasteiger partial charge on any atom is -0.481 e. The van der Waals surface area contributed by atoms with E-state index in [2.05, 4.69) is 17.0 Å². The maximum Gasteiger partial charge on any atom is 0.305 e. The van der Waals surface area contributed by atoms with E-state index in [9.17, 15) is 4.79 Å². The van der Waals surface area contributed by atoms with Gasteiger partial charge in [-0.1, -0.05) is 24.6 Å². The lowest BCUT2D eigenvalue weighted by molar-refractivity contribution is -0.136. The Balaban J connectivity index is 1.98. The normalized spacial score (nSPS) is 15.3. The number of hydrogen-bond donors (Lipinski definition) is 1. The number of carbonyl (C=O) groups is 1. The summed E-state index contributed by atoms with van der Waals surface area (Å²) < 4.78 is 0. The molecule has 92 valence electrons. The van der Waals surface area contributed by atoms with Crippen LogP contribution in [0, 0.1) is 5.92 Å². The highest BCUT2D eigenvalue weighted by molar-refractivity contribution is 5.67. The molecule has 0 aromatic heterocycles. The van der Waals surface area contributed by atoms with Crippen molar-refractivity contribution in [1.82, 2.24) is 0 Å². The lowest BCUT2D eigenvalue weighted by Crippen LogP contribution is -2.34. The first-order valence-electron chi connectivity index (χ1n) is 6.27. The standard InChI is InChI=1S/C14H19NO2/c16-14(17)9-10-15(11-12-5-4-6-12)13-7-2-1-3-8-13/h1-3,7-8,12H,4-6,9-11H2,(H,16,17). The number of para-hydroxylation sites is 1. The zero-order valence-corrected chi connectivity index (χ0v) is 10.0. The number of benzene rings is 1. The maximum atomic E-state index is 10.7. The molecule has 1 aromatic rings. The first-order valence-corrected chi connectivity index (χ1v) is 6.27. The number of anilines is 1. The monoisotopic (exact) mass is 233 g/mol. The highest BCUT2D eigenvalue weighted by Crippen LogP contribution is 2.28. The molecule has 17 heavy (non-hydrogen) atoms. The molecule has 1 fully saturated rings. The minimum atomic E-state index is -0.723. The number of carboxylic acid groups (broad SMARTS) is 1. The molecule has 1 saturated carbocycles. The molecule has 1 aliphatic carbocycles. The lowest BCUT2D eigenvalue weighted by atomic mass is 9.85. The van der Waals surface area contributed by atoms with Crippen LogP contribution in [0.2, 0.25) is 0 Å². The summed E-state index contributed by atoms with van der Waals surface area (Å²) in [6.07, 6.45) is 4.11. The van der Waals surface area contributed by atoms with E-state index < -0.39 is 5.97 Å². The molecule has 0 bridgehead atoms. The van der Waals surface area contributed by atoms with E-state index in [1.807, 2.05) is 18.2 Å². The van der Waals surface area contributed by atoms with Gasteiger partial charge in [0.1, 0.15) is 0 Å². The van der Waals surface area contributed by atoms with E-state index in [-0.39, 0.29) is 6.42 Å². The van der Waals surface area contributed by atoms with Gasteiger partial charge in [0.2, 0.25) is 0 Å². The molecule has 0 radical (unpaired) electrons. The first kappa shape index (κ1) is 12.0. The SMILES string of the molecule is O=C(O)CCN(CC1CCC1)c1ccccc1. The van der Waals surface area contributed by atoms with Crippen LogP contribution in [0.4, 0.5) is 5.69 Å². The Morgan fingerprint density at radius 2 is 2.00 bits per heavy atom. The second-order valence-corrected chi connectivity index (χ2v) is 4.72. The van der Waals surface area contributed by atoms with Crippen LogP contribution in [0.25, 0.3) is 0 Å². The number of carboxylic acids is 1. The quantitative estimate of drug-likeness (QED) is 0.821. The highest BCUT2D eigenvalue weighted by Gasteiger charge is 2.21. The van der Waals surface area contributed by atoms with Gasteiger partial charge in [0.15, 0.2) is 0 Å². The van der Waals surface area contributed by atoms with Crippen molar-refractivity contribution in [3.63, 3.8) is 0 Å². The largest absolute Gasteiger partial charge is 0.481 e. The van der Waals surface area contributed by atoms with E-state index in [1.165, 1.54) is 19.3 Å². The van der Waals surface area contributed by atoms with Gasteiger partial charge in [0.05, 0.1) is 6.42 Å². The molecule has 3 nitrogen and oxygen atoms in total. The molecule has 0 spiro atoms. The topological polar surface area (TPSA) is 40.5 Å². The molecular formula is C14H19NO2. The van der Waals surface area contributed by atoms with Gasteiger partial charge < -0.3 is 10.0 Å².